The van der Waals surface area contributed by atoms with E-state index in [1.807, 2.05) is 12.4 Å². The van der Waals surface area contributed by atoms with Crippen molar-refractivity contribution in [2.45, 2.75) is 38.5 Å². The van der Waals surface area contributed by atoms with Crippen molar-refractivity contribution in [1.82, 2.24) is 19.9 Å². The van der Waals surface area contributed by atoms with Crippen LogP contribution in [0, 0.1) is 0 Å². The minimum atomic E-state index is 0.395. The van der Waals surface area contributed by atoms with E-state index in [1.165, 1.54) is 18.5 Å². The lowest BCUT2D eigenvalue weighted by Gasteiger charge is -2.22. The Labute approximate surface area is 120 Å². The summed E-state index contributed by atoms with van der Waals surface area (Å²) < 4.78 is 2.10. The third-order valence-corrected chi connectivity index (χ3v) is 3.90. The van der Waals surface area contributed by atoms with E-state index in [4.69, 9.17) is 4.98 Å². The molecule has 0 aliphatic carbocycles. The molecule has 0 spiro atoms. The number of hydrogen-bond acceptors (Lipinski definition) is 3. The minimum Gasteiger partial charge on any atom is -0.316 e. The average molecular weight is 270 g/mol. The predicted octanol–water partition coefficient (Wildman–Crippen LogP) is 2.86. The number of pyridine rings is 1. The van der Waals surface area contributed by atoms with E-state index in [1.54, 1.807) is 0 Å². The zero-order valence-corrected chi connectivity index (χ0v) is 12.2. The molecule has 2 aromatic heterocycles. The van der Waals surface area contributed by atoms with Gasteiger partial charge in [-0.25, -0.2) is 9.97 Å². The Kier molecular flexibility index (Phi) is 3.83. The molecule has 1 fully saturated rings. The molecule has 1 N–H and O–H groups in total. The highest BCUT2D eigenvalue weighted by Gasteiger charge is 2.17. The Balaban J connectivity index is 1.92. The van der Waals surface area contributed by atoms with Crippen molar-refractivity contribution in [2.24, 2.45) is 0 Å². The molecule has 0 aromatic carbocycles. The van der Waals surface area contributed by atoms with E-state index < -0.39 is 0 Å². The molecule has 0 radical (unpaired) electrons. The van der Waals surface area contributed by atoms with Crippen LogP contribution in [0.4, 0.5) is 0 Å². The van der Waals surface area contributed by atoms with Crippen LogP contribution in [0.25, 0.3) is 5.82 Å². The van der Waals surface area contributed by atoms with Gasteiger partial charge in [0.15, 0.2) is 0 Å². The third kappa shape index (κ3) is 2.61. The van der Waals surface area contributed by atoms with E-state index in [2.05, 4.69) is 46.9 Å². The molecule has 3 rings (SSSR count). The molecule has 0 bridgehead atoms. The summed E-state index contributed by atoms with van der Waals surface area (Å²) in [4.78, 5) is 9.31. The molecule has 1 atom stereocenters. The van der Waals surface area contributed by atoms with Crippen molar-refractivity contribution in [2.75, 3.05) is 13.1 Å². The van der Waals surface area contributed by atoms with Gasteiger partial charge in [-0.3, -0.25) is 4.57 Å². The van der Waals surface area contributed by atoms with Crippen molar-refractivity contribution < 1.29 is 0 Å². The molecule has 0 saturated carbocycles. The molecule has 1 aliphatic rings. The molecule has 2 aromatic rings. The van der Waals surface area contributed by atoms with Gasteiger partial charge >= 0.3 is 0 Å². The van der Waals surface area contributed by atoms with Gasteiger partial charge in [-0.1, -0.05) is 19.9 Å². The van der Waals surface area contributed by atoms with Crippen molar-refractivity contribution in [3.05, 3.63) is 42.1 Å². The van der Waals surface area contributed by atoms with Gasteiger partial charge in [-0.15, -0.1) is 0 Å². The Morgan fingerprint density at radius 3 is 3.00 bits per heavy atom. The van der Waals surface area contributed by atoms with Crippen LogP contribution < -0.4 is 5.32 Å². The van der Waals surface area contributed by atoms with Crippen LogP contribution in [0.3, 0.4) is 0 Å². The summed E-state index contributed by atoms with van der Waals surface area (Å²) in [5, 5.41) is 3.46. The van der Waals surface area contributed by atoms with Crippen LogP contribution in [0.15, 0.2) is 30.6 Å². The molecule has 1 saturated heterocycles. The third-order valence-electron chi connectivity index (χ3n) is 3.90. The van der Waals surface area contributed by atoms with Gasteiger partial charge < -0.3 is 5.32 Å². The zero-order chi connectivity index (χ0) is 13.9. The monoisotopic (exact) mass is 270 g/mol. The summed E-state index contributed by atoms with van der Waals surface area (Å²) in [5.74, 6) is 2.98. The van der Waals surface area contributed by atoms with E-state index in [9.17, 15) is 0 Å². The van der Waals surface area contributed by atoms with Crippen molar-refractivity contribution >= 4 is 0 Å². The first-order chi connectivity index (χ1) is 9.75. The summed E-state index contributed by atoms with van der Waals surface area (Å²) in [6, 6.07) is 6.32. The number of nitrogens with one attached hydrogen (secondary N) is 1. The molecule has 20 heavy (non-hydrogen) atoms. The Bertz CT molecular complexity index is 567. The van der Waals surface area contributed by atoms with Crippen LogP contribution in [0.5, 0.6) is 0 Å². The van der Waals surface area contributed by atoms with Gasteiger partial charge in [0.2, 0.25) is 0 Å². The highest BCUT2D eigenvalue weighted by atomic mass is 15.1. The van der Waals surface area contributed by atoms with Crippen LogP contribution in [-0.2, 0) is 0 Å². The van der Waals surface area contributed by atoms with Crippen LogP contribution in [0.2, 0.25) is 0 Å². The van der Waals surface area contributed by atoms with Gasteiger partial charge in [0.05, 0.1) is 0 Å². The summed E-state index contributed by atoms with van der Waals surface area (Å²) in [7, 11) is 0. The van der Waals surface area contributed by atoms with Gasteiger partial charge in [0, 0.05) is 36.5 Å². The van der Waals surface area contributed by atoms with Gasteiger partial charge in [-0.2, -0.15) is 0 Å². The SMILES string of the molecule is CC(C)c1nccn1-c1cccc(C2CCCNC2)n1. The number of aromatic nitrogens is 3. The van der Waals surface area contributed by atoms with Crippen molar-refractivity contribution in [3.8, 4) is 5.82 Å². The average Bonchev–Trinajstić information content (AvgIpc) is 2.98. The van der Waals surface area contributed by atoms with Gasteiger partial charge in [0.1, 0.15) is 11.6 Å². The molecular formula is C16H22N4. The lowest BCUT2D eigenvalue weighted by atomic mass is 9.96. The summed E-state index contributed by atoms with van der Waals surface area (Å²) in [5.41, 5.74) is 1.19. The van der Waals surface area contributed by atoms with Gasteiger partial charge in [-0.05, 0) is 31.5 Å². The second kappa shape index (κ2) is 5.75. The van der Waals surface area contributed by atoms with E-state index >= 15 is 0 Å². The molecular weight excluding hydrogens is 248 g/mol. The second-order valence-electron chi connectivity index (χ2n) is 5.77. The Hall–Kier alpha value is -1.68. The fourth-order valence-corrected chi connectivity index (χ4v) is 2.84. The topological polar surface area (TPSA) is 42.7 Å². The Morgan fingerprint density at radius 2 is 2.25 bits per heavy atom. The highest BCUT2D eigenvalue weighted by Crippen LogP contribution is 2.23. The van der Waals surface area contributed by atoms with E-state index in [0.29, 0.717) is 11.8 Å². The zero-order valence-electron chi connectivity index (χ0n) is 12.2. The summed E-state index contributed by atoms with van der Waals surface area (Å²) in [6.07, 6.45) is 6.32. The van der Waals surface area contributed by atoms with Crippen LogP contribution >= 0.6 is 0 Å². The molecule has 106 valence electrons. The normalized spacial score (nSPS) is 19.4. The maximum atomic E-state index is 4.86. The first kappa shape index (κ1) is 13.3. The number of nitrogens with zero attached hydrogens (tertiary/aromatic N) is 3. The van der Waals surface area contributed by atoms with E-state index in [-0.39, 0.29) is 0 Å². The van der Waals surface area contributed by atoms with Crippen LogP contribution in [0.1, 0.15) is 50.0 Å². The minimum absolute atomic E-state index is 0.395. The van der Waals surface area contributed by atoms with Gasteiger partial charge in [0.25, 0.3) is 0 Å². The Morgan fingerprint density at radius 1 is 1.35 bits per heavy atom. The molecule has 1 aliphatic heterocycles. The molecule has 1 unspecified atom stereocenters. The molecule has 0 amide bonds. The fraction of sp³-hybridized carbons (Fsp3) is 0.500. The standard InChI is InChI=1S/C16H22N4/c1-12(2)16-18-9-10-20(16)15-7-3-6-14(19-15)13-5-4-8-17-11-13/h3,6-7,9-10,12-13,17H,4-5,8,11H2,1-2H3. The smallest absolute Gasteiger partial charge is 0.138 e. The second-order valence-corrected chi connectivity index (χ2v) is 5.77. The molecule has 4 heteroatoms. The highest BCUT2D eigenvalue weighted by molar-refractivity contribution is 5.29. The summed E-state index contributed by atoms with van der Waals surface area (Å²) in [6.45, 7) is 6.49. The predicted molar refractivity (Wildman–Crippen MR) is 80.3 cm³/mol. The maximum absolute atomic E-state index is 4.86. The fourth-order valence-electron chi connectivity index (χ4n) is 2.84. The molecule has 3 heterocycles. The number of hydrogen-bond donors (Lipinski definition) is 1. The van der Waals surface area contributed by atoms with E-state index in [0.717, 1.165) is 24.7 Å². The lowest BCUT2D eigenvalue weighted by molar-refractivity contribution is 0.454. The lowest BCUT2D eigenvalue weighted by Crippen LogP contribution is -2.29. The number of piperidine rings is 1. The van der Waals surface area contributed by atoms with Crippen molar-refractivity contribution in [3.63, 3.8) is 0 Å². The van der Waals surface area contributed by atoms with Crippen molar-refractivity contribution in [1.29, 1.82) is 0 Å². The maximum Gasteiger partial charge on any atom is 0.138 e. The number of imidazole rings is 1. The number of rotatable bonds is 3. The summed E-state index contributed by atoms with van der Waals surface area (Å²) >= 11 is 0. The molecule has 4 nitrogen and oxygen atoms in total. The quantitative estimate of drug-likeness (QED) is 0.932. The van der Waals surface area contributed by atoms with Crippen LogP contribution in [-0.4, -0.2) is 27.6 Å². The first-order valence-corrected chi connectivity index (χ1v) is 7.47. The largest absolute Gasteiger partial charge is 0.316 e. The first-order valence-electron chi connectivity index (χ1n) is 7.47.